The van der Waals surface area contributed by atoms with Gasteiger partial charge in [-0.25, -0.2) is 0 Å². The van der Waals surface area contributed by atoms with E-state index >= 15 is 0 Å². The molecule has 2 atom stereocenters. The van der Waals surface area contributed by atoms with Crippen LogP contribution in [0.3, 0.4) is 0 Å². The zero-order chi connectivity index (χ0) is 11.7. The van der Waals surface area contributed by atoms with E-state index < -0.39 is 0 Å². The molecule has 0 aromatic carbocycles. The van der Waals surface area contributed by atoms with Gasteiger partial charge in [-0.2, -0.15) is 0 Å². The molecular weight excluding hydrogens is 253 g/mol. The molecule has 85 valence electrons. The van der Waals surface area contributed by atoms with Crippen LogP contribution in [-0.4, -0.2) is 45.8 Å². The van der Waals surface area contributed by atoms with Gasteiger partial charge in [0.25, 0.3) is 0 Å². The summed E-state index contributed by atoms with van der Waals surface area (Å²) < 4.78 is 0. The predicted octanol–water partition coefficient (Wildman–Crippen LogP) is 1.82. The van der Waals surface area contributed by atoms with Crippen LogP contribution in [0.5, 0.6) is 0 Å². The van der Waals surface area contributed by atoms with Gasteiger partial charge in [-0.15, -0.1) is 0 Å². The number of carbonyl (C=O) groups excluding carboxylic acids is 1. The number of Topliss-reactive ketones (excluding diaryl/α,β-unsaturated/α-hetero) is 1. The molecule has 1 radical (unpaired) electrons. The van der Waals surface area contributed by atoms with Crippen LogP contribution in [0.2, 0.25) is 5.32 Å². The van der Waals surface area contributed by atoms with Gasteiger partial charge in [-0.3, -0.25) is 0 Å². The number of likely N-dealkylation sites (tertiary alicyclic amines) is 1. The van der Waals surface area contributed by atoms with Crippen molar-refractivity contribution in [1.82, 2.24) is 4.90 Å². The van der Waals surface area contributed by atoms with Gasteiger partial charge < -0.3 is 0 Å². The summed E-state index contributed by atoms with van der Waals surface area (Å²) in [6.45, 7) is 8.82. The first-order chi connectivity index (χ1) is 6.88. The van der Waals surface area contributed by atoms with Crippen molar-refractivity contribution in [3.8, 4) is 0 Å². The van der Waals surface area contributed by atoms with Crippen LogP contribution in [0.4, 0.5) is 0 Å². The van der Waals surface area contributed by atoms with Crippen molar-refractivity contribution < 1.29 is 4.79 Å². The third-order valence-electron chi connectivity index (χ3n) is 3.74. The van der Waals surface area contributed by atoms with Gasteiger partial charge in [0.1, 0.15) is 0 Å². The third-order valence-corrected chi connectivity index (χ3v) is 4.17. The number of ketones is 1. The van der Waals surface area contributed by atoms with Crippen LogP contribution < -0.4 is 0 Å². The normalized spacial score (nSPS) is 38.0. The molecule has 1 aliphatic heterocycles. The Balaban J connectivity index is 2.88. The molecule has 0 aromatic rings. The molecule has 0 N–H and O–H groups in total. The average molecular weight is 273 g/mol. The molecule has 1 aliphatic rings. The number of likely N-dealkylation sites (N-methyl/N-ethyl adjacent to an activating group) is 1. The van der Waals surface area contributed by atoms with Crippen molar-refractivity contribution in [3.05, 3.63) is 12.7 Å². The van der Waals surface area contributed by atoms with E-state index in [0.717, 1.165) is 18.3 Å². The zero-order valence-electron chi connectivity index (χ0n) is 9.88. The van der Waals surface area contributed by atoms with Crippen molar-refractivity contribution in [3.63, 3.8) is 0 Å². The molecule has 3 heteroatoms. The molecule has 1 saturated heterocycles. The second kappa shape index (κ2) is 4.40. The van der Waals surface area contributed by atoms with Gasteiger partial charge in [-0.05, 0) is 0 Å². The fourth-order valence-corrected chi connectivity index (χ4v) is 3.08. The van der Waals surface area contributed by atoms with Crippen molar-refractivity contribution in [1.29, 1.82) is 0 Å². The summed E-state index contributed by atoms with van der Waals surface area (Å²) in [5, 5.41) is 0.945. The van der Waals surface area contributed by atoms with Gasteiger partial charge in [0.2, 0.25) is 0 Å². The van der Waals surface area contributed by atoms with Gasteiger partial charge in [0.15, 0.2) is 0 Å². The minimum absolute atomic E-state index is 0.159. The van der Waals surface area contributed by atoms with Crippen LogP contribution in [0.25, 0.3) is 0 Å². The summed E-state index contributed by atoms with van der Waals surface area (Å²) in [5.41, 5.74) is -0.337. The number of piperidine rings is 1. The summed E-state index contributed by atoms with van der Waals surface area (Å²) in [5.74, 6) is 0.373. The van der Waals surface area contributed by atoms with E-state index in [1.807, 2.05) is 6.08 Å². The molecule has 0 amide bonds. The van der Waals surface area contributed by atoms with E-state index in [2.05, 4.69) is 48.4 Å². The van der Waals surface area contributed by atoms with Crippen LogP contribution in [0.15, 0.2) is 12.7 Å². The Bertz CT molecular complexity index is 279. The fourth-order valence-electron chi connectivity index (χ4n) is 2.14. The molecule has 2 nitrogen and oxygen atoms in total. The average Bonchev–Trinajstić information content (AvgIpc) is 2.15. The first kappa shape index (κ1) is 13.0. The first-order valence-corrected chi connectivity index (χ1v) is 6.55. The predicted molar refractivity (Wildman–Crippen MR) is 64.1 cm³/mol. The molecule has 2 unspecified atom stereocenters. The second-order valence-electron chi connectivity index (χ2n) is 5.03. The summed E-state index contributed by atoms with van der Waals surface area (Å²) in [7, 11) is 2.08. The topological polar surface area (TPSA) is 20.3 Å². The van der Waals surface area contributed by atoms with E-state index in [4.69, 9.17) is 0 Å². The Morgan fingerprint density at radius 2 is 2.20 bits per heavy atom. The van der Waals surface area contributed by atoms with E-state index in [1.165, 1.54) is 0 Å². The van der Waals surface area contributed by atoms with E-state index in [1.54, 1.807) is 0 Å². The zero-order valence-corrected chi connectivity index (χ0v) is 11.6. The van der Waals surface area contributed by atoms with Crippen molar-refractivity contribution >= 4 is 21.8 Å². The Kier molecular flexibility index (Phi) is 3.80. The van der Waals surface area contributed by atoms with E-state index in [-0.39, 0.29) is 11.0 Å². The molecule has 0 saturated carbocycles. The van der Waals surface area contributed by atoms with Crippen molar-refractivity contribution in [2.45, 2.75) is 37.5 Å². The van der Waals surface area contributed by atoms with Crippen LogP contribution >= 0.6 is 0 Å². The molecule has 0 spiro atoms. The Labute approximate surface area is 101 Å². The van der Waals surface area contributed by atoms with Gasteiger partial charge in [0, 0.05) is 0 Å². The van der Waals surface area contributed by atoms with Gasteiger partial charge >= 0.3 is 101 Å². The summed E-state index contributed by atoms with van der Waals surface area (Å²) in [6, 6.07) is 0. The first-order valence-electron chi connectivity index (χ1n) is 5.34. The molecular formula is C12H20NOSe. The molecule has 1 rings (SSSR count). The Morgan fingerprint density at radius 3 is 2.67 bits per heavy atom. The van der Waals surface area contributed by atoms with Crippen molar-refractivity contribution in [2.24, 2.45) is 5.41 Å². The van der Waals surface area contributed by atoms with Crippen molar-refractivity contribution in [2.75, 3.05) is 13.6 Å². The number of rotatable bonds is 3. The summed E-state index contributed by atoms with van der Waals surface area (Å²) in [4.78, 5) is 14.4. The van der Waals surface area contributed by atoms with Crippen LogP contribution in [-0.2, 0) is 4.79 Å². The molecule has 1 heterocycles. The number of carbonyl (C=O) groups is 1. The summed E-state index contributed by atoms with van der Waals surface area (Å²) in [6.07, 6.45) is 3.41. The molecule has 0 aliphatic carbocycles. The minimum atomic E-state index is -0.178. The van der Waals surface area contributed by atoms with Gasteiger partial charge in [-0.1, -0.05) is 0 Å². The second-order valence-corrected chi connectivity index (χ2v) is 5.89. The van der Waals surface area contributed by atoms with Crippen LogP contribution in [0, 0.1) is 5.41 Å². The summed E-state index contributed by atoms with van der Waals surface area (Å²) >= 11 is 2.99. The Hall–Kier alpha value is -0.111. The third kappa shape index (κ3) is 2.35. The standard InChI is InChI=1S/C12H20NOSe/c1-5-12(3)8-10(14)11(2,6-7-15)9-13(12)4/h5H,1,6-9H2,2-4H3. The fraction of sp³-hybridized carbons (Fsp3) is 0.750. The van der Waals surface area contributed by atoms with E-state index in [0.29, 0.717) is 12.2 Å². The molecule has 0 bridgehead atoms. The number of nitrogens with zero attached hydrogens (tertiary/aromatic N) is 1. The maximum atomic E-state index is 12.1. The monoisotopic (exact) mass is 274 g/mol. The molecule has 1 fully saturated rings. The molecule has 15 heavy (non-hydrogen) atoms. The van der Waals surface area contributed by atoms with E-state index in [9.17, 15) is 4.79 Å². The van der Waals surface area contributed by atoms with Crippen LogP contribution in [0.1, 0.15) is 26.7 Å². The SMILES string of the molecule is C=CC1(C)CC(=O)C(C)(CC[Se])CN1C. The van der Waals surface area contributed by atoms with Gasteiger partial charge in [0.05, 0.1) is 0 Å². The quantitative estimate of drug-likeness (QED) is 0.577. The number of hydrogen-bond acceptors (Lipinski definition) is 2. The molecule has 0 aromatic heterocycles. The maximum absolute atomic E-state index is 12.1. The Morgan fingerprint density at radius 1 is 1.60 bits per heavy atom. The number of hydrogen-bond donors (Lipinski definition) is 0.